The van der Waals surface area contributed by atoms with Gasteiger partial charge in [-0.25, -0.2) is 13.2 Å². The van der Waals surface area contributed by atoms with Crippen LogP contribution < -0.4 is 0 Å². The Labute approximate surface area is 147 Å². The largest absolute Gasteiger partial charge is 0.244 e. The summed E-state index contributed by atoms with van der Waals surface area (Å²) < 4.78 is 69.8. The maximum Gasteiger partial charge on any atom is 0.244 e. The second-order valence-corrected chi connectivity index (χ2v) is 8.18. The molecular weight excluding hydrogens is 375 g/mol. The van der Waals surface area contributed by atoms with E-state index in [1.807, 2.05) is 0 Å². The SMILES string of the molecule is Fc1c(F)c(F)c([S+]2c3ccccc3Sc3ccccc32)c(F)c1F. The summed E-state index contributed by atoms with van der Waals surface area (Å²) in [4.78, 5) is 1.74. The highest BCUT2D eigenvalue weighted by Gasteiger charge is 2.45. The van der Waals surface area contributed by atoms with Gasteiger partial charge in [0.2, 0.25) is 34.0 Å². The van der Waals surface area contributed by atoms with Gasteiger partial charge in [-0.1, -0.05) is 36.0 Å². The van der Waals surface area contributed by atoms with Crippen LogP contribution >= 0.6 is 11.8 Å². The van der Waals surface area contributed by atoms with Crippen LogP contribution in [0, 0.1) is 29.1 Å². The van der Waals surface area contributed by atoms with Gasteiger partial charge in [-0.05, 0) is 24.3 Å². The third-order valence-corrected chi connectivity index (χ3v) is 7.50. The Balaban J connectivity index is 2.08. The summed E-state index contributed by atoms with van der Waals surface area (Å²) in [6.45, 7) is 0. The van der Waals surface area contributed by atoms with E-state index < -0.39 is 44.9 Å². The molecule has 1 aliphatic heterocycles. The first-order chi connectivity index (χ1) is 12.0. The molecule has 0 spiro atoms. The van der Waals surface area contributed by atoms with Crippen molar-refractivity contribution in [2.24, 2.45) is 0 Å². The first-order valence-corrected chi connectivity index (χ1v) is 9.16. The monoisotopic (exact) mass is 383 g/mol. The number of fused-ring (bicyclic) bond motifs is 2. The highest BCUT2D eigenvalue weighted by Crippen LogP contribution is 2.49. The van der Waals surface area contributed by atoms with Gasteiger partial charge in [-0.2, -0.15) is 8.78 Å². The molecule has 25 heavy (non-hydrogen) atoms. The molecule has 4 rings (SSSR count). The molecule has 0 nitrogen and oxygen atoms in total. The summed E-state index contributed by atoms with van der Waals surface area (Å²) in [6.07, 6.45) is 0. The van der Waals surface area contributed by atoms with Gasteiger partial charge in [0.05, 0.1) is 9.79 Å². The zero-order valence-corrected chi connectivity index (χ0v) is 14.0. The minimum Gasteiger partial charge on any atom is -0.200 e. The van der Waals surface area contributed by atoms with Crippen LogP contribution in [-0.4, -0.2) is 0 Å². The van der Waals surface area contributed by atoms with Crippen molar-refractivity contribution in [3.8, 4) is 0 Å². The normalized spacial score (nSPS) is 13.5. The minimum absolute atomic E-state index is 0.536. The summed E-state index contributed by atoms with van der Waals surface area (Å²) >= 11 is 1.40. The van der Waals surface area contributed by atoms with E-state index in [1.165, 1.54) is 11.8 Å². The van der Waals surface area contributed by atoms with E-state index in [-0.39, 0.29) is 0 Å². The van der Waals surface area contributed by atoms with Crippen LogP contribution in [0.15, 0.2) is 73.0 Å². The Bertz CT molecular complexity index is 928. The van der Waals surface area contributed by atoms with Crippen molar-refractivity contribution in [2.75, 3.05) is 0 Å². The van der Waals surface area contributed by atoms with E-state index in [1.54, 1.807) is 48.5 Å². The molecular formula is C18H8F5S2+. The Morgan fingerprint density at radius 1 is 0.560 bits per heavy atom. The van der Waals surface area contributed by atoms with Crippen molar-refractivity contribution in [2.45, 2.75) is 24.5 Å². The average molecular weight is 383 g/mol. The molecule has 0 saturated carbocycles. The lowest BCUT2D eigenvalue weighted by Crippen LogP contribution is -2.17. The van der Waals surface area contributed by atoms with E-state index >= 15 is 0 Å². The van der Waals surface area contributed by atoms with Crippen LogP contribution in [0.1, 0.15) is 0 Å². The average Bonchev–Trinajstić information content (AvgIpc) is 2.64. The minimum atomic E-state index is -2.14. The Morgan fingerprint density at radius 3 is 1.44 bits per heavy atom. The maximum absolute atomic E-state index is 14.5. The van der Waals surface area contributed by atoms with Gasteiger partial charge < -0.3 is 0 Å². The van der Waals surface area contributed by atoms with Crippen molar-refractivity contribution in [1.29, 1.82) is 0 Å². The second-order valence-electron chi connectivity index (χ2n) is 5.20. The molecule has 0 unspecified atom stereocenters. The van der Waals surface area contributed by atoms with Crippen LogP contribution in [0.25, 0.3) is 0 Å². The van der Waals surface area contributed by atoms with Crippen molar-refractivity contribution >= 4 is 22.7 Å². The molecule has 0 radical (unpaired) electrons. The fourth-order valence-electron chi connectivity index (χ4n) is 2.63. The maximum atomic E-state index is 14.5. The first kappa shape index (κ1) is 16.5. The third kappa shape index (κ3) is 2.45. The van der Waals surface area contributed by atoms with Crippen LogP contribution in [0.2, 0.25) is 0 Å². The van der Waals surface area contributed by atoms with Gasteiger partial charge in [0, 0.05) is 0 Å². The topological polar surface area (TPSA) is 0 Å². The van der Waals surface area contributed by atoms with E-state index in [2.05, 4.69) is 0 Å². The molecule has 3 aromatic carbocycles. The number of halogens is 5. The fourth-order valence-corrected chi connectivity index (χ4v) is 6.43. The lowest BCUT2D eigenvalue weighted by Gasteiger charge is -2.19. The van der Waals surface area contributed by atoms with Crippen LogP contribution in [0.4, 0.5) is 22.0 Å². The molecule has 0 aromatic heterocycles. The van der Waals surface area contributed by atoms with Crippen molar-refractivity contribution in [1.82, 2.24) is 0 Å². The molecule has 3 aromatic rings. The molecule has 0 N–H and O–H groups in total. The number of hydrogen-bond acceptors (Lipinski definition) is 1. The molecule has 126 valence electrons. The molecule has 0 atom stereocenters. The quantitative estimate of drug-likeness (QED) is 0.170. The number of hydrogen-bond donors (Lipinski definition) is 0. The van der Waals surface area contributed by atoms with Gasteiger partial charge in [0.1, 0.15) is 10.9 Å². The molecule has 1 heterocycles. The predicted octanol–water partition coefficient (Wildman–Crippen LogP) is 5.94. The fraction of sp³-hybridized carbons (Fsp3) is 0. The van der Waals surface area contributed by atoms with Gasteiger partial charge in [-0.15, -0.1) is 0 Å². The van der Waals surface area contributed by atoms with Crippen molar-refractivity contribution in [3.05, 3.63) is 77.6 Å². The third-order valence-electron chi connectivity index (χ3n) is 3.73. The van der Waals surface area contributed by atoms with Crippen molar-refractivity contribution < 1.29 is 22.0 Å². The molecule has 0 saturated heterocycles. The summed E-state index contributed by atoms with van der Waals surface area (Å²) in [6, 6.07) is 13.7. The van der Waals surface area contributed by atoms with E-state index in [0.29, 0.717) is 9.79 Å². The molecule has 0 amide bonds. The molecule has 7 heteroatoms. The number of rotatable bonds is 1. The highest BCUT2D eigenvalue weighted by molar-refractivity contribution is 8.04. The molecule has 1 aliphatic rings. The smallest absolute Gasteiger partial charge is 0.200 e. The lowest BCUT2D eigenvalue weighted by molar-refractivity contribution is 0.360. The van der Waals surface area contributed by atoms with Gasteiger partial charge in [-0.3, -0.25) is 0 Å². The summed E-state index contributed by atoms with van der Waals surface area (Å²) in [5.74, 6) is -9.55. The van der Waals surface area contributed by atoms with Crippen LogP contribution in [0.5, 0.6) is 0 Å². The molecule has 0 bridgehead atoms. The van der Waals surface area contributed by atoms with E-state index in [0.717, 1.165) is 9.79 Å². The van der Waals surface area contributed by atoms with Gasteiger partial charge in [0.25, 0.3) is 0 Å². The zero-order valence-electron chi connectivity index (χ0n) is 12.3. The highest BCUT2D eigenvalue weighted by atomic mass is 32.2. The number of benzene rings is 3. The Hall–Kier alpha value is -1.99. The van der Waals surface area contributed by atoms with E-state index in [9.17, 15) is 22.0 Å². The second kappa shape index (κ2) is 6.07. The molecule has 0 aliphatic carbocycles. The standard InChI is InChI=1S/C18H8F5S2/c19-13-14(20)16(22)18(17(23)15(13)21)25-11-7-3-1-5-9(11)24-10-6-2-4-8-12(10)25/h1-8H/q+1. The Morgan fingerprint density at radius 2 is 0.960 bits per heavy atom. The Kier molecular flexibility index (Phi) is 4.00. The predicted molar refractivity (Wildman–Crippen MR) is 85.4 cm³/mol. The summed E-state index contributed by atoms with van der Waals surface area (Å²) in [7, 11) is -1.43. The van der Waals surface area contributed by atoms with Gasteiger partial charge in [0.15, 0.2) is 9.79 Å². The first-order valence-electron chi connectivity index (χ1n) is 7.12. The lowest BCUT2D eigenvalue weighted by atomic mass is 10.3. The zero-order chi connectivity index (χ0) is 17.7. The van der Waals surface area contributed by atoms with Crippen LogP contribution in [0.3, 0.4) is 0 Å². The van der Waals surface area contributed by atoms with Gasteiger partial charge >= 0.3 is 0 Å². The summed E-state index contributed by atoms with van der Waals surface area (Å²) in [5.41, 5.74) is 0. The molecule has 0 fully saturated rings. The van der Waals surface area contributed by atoms with Crippen LogP contribution in [-0.2, 0) is 10.9 Å². The van der Waals surface area contributed by atoms with E-state index in [4.69, 9.17) is 0 Å². The summed E-state index contributed by atoms with van der Waals surface area (Å²) in [5, 5.41) is 0. The van der Waals surface area contributed by atoms with Crippen molar-refractivity contribution in [3.63, 3.8) is 0 Å².